The van der Waals surface area contributed by atoms with E-state index in [1.165, 1.54) is 0 Å². The molecule has 0 radical (unpaired) electrons. The fourth-order valence-electron chi connectivity index (χ4n) is 6.37. The highest BCUT2D eigenvalue weighted by atomic mass is 32.2. The Hall–Kier alpha value is -4.27. The average molecular weight is 706 g/mol. The second-order valence-corrected chi connectivity index (χ2v) is 15.9. The van der Waals surface area contributed by atoms with Gasteiger partial charge in [0, 0.05) is 30.5 Å². The summed E-state index contributed by atoms with van der Waals surface area (Å²) in [6.07, 6.45) is 6.65. The molecule has 2 aromatic heterocycles. The Bertz CT molecular complexity index is 2500. The maximum atomic E-state index is 11.6. The molecule has 6 aromatic rings. The quantitative estimate of drug-likeness (QED) is 0.0806. The summed E-state index contributed by atoms with van der Waals surface area (Å²) < 4.78 is 80.4. The first-order valence-electron chi connectivity index (χ1n) is 15.5. The number of aryl methyl sites for hydroxylation is 1. The van der Waals surface area contributed by atoms with Gasteiger partial charge in [0.2, 0.25) is 11.4 Å². The van der Waals surface area contributed by atoms with E-state index in [-0.39, 0.29) is 24.3 Å². The number of allylic oxidation sites excluding steroid dienone is 2. The van der Waals surface area contributed by atoms with Crippen molar-refractivity contribution in [1.29, 1.82) is 0 Å². The lowest BCUT2D eigenvalue weighted by Crippen LogP contribution is -2.36. The lowest BCUT2D eigenvalue weighted by atomic mass is 10.00. The number of hydrogen-bond donors (Lipinski definition) is 2. The second-order valence-electron chi connectivity index (χ2n) is 11.7. The Kier molecular flexibility index (Phi) is 8.50. The molecule has 0 saturated carbocycles. The van der Waals surface area contributed by atoms with E-state index in [1.54, 1.807) is 17.6 Å². The lowest BCUT2D eigenvalue weighted by Gasteiger charge is -2.20. The molecule has 0 spiro atoms. The Morgan fingerprint density at radius 1 is 0.875 bits per heavy atom. The molecule has 1 aliphatic heterocycles. The smallest absolute Gasteiger partial charge is 0.265 e. The first-order chi connectivity index (χ1) is 23.0. The van der Waals surface area contributed by atoms with Crippen molar-refractivity contribution >= 4 is 86.1 Å². The van der Waals surface area contributed by atoms with E-state index in [0.29, 0.717) is 31.1 Å². The van der Waals surface area contributed by atoms with E-state index in [0.717, 1.165) is 59.0 Å². The van der Waals surface area contributed by atoms with Crippen LogP contribution in [0, 0.1) is 0 Å². The molecule has 0 aliphatic carbocycles. The van der Waals surface area contributed by atoms with Crippen molar-refractivity contribution in [1.82, 2.24) is 0 Å². The number of rotatable bonds is 11. The second kappa shape index (κ2) is 12.6. The summed E-state index contributed by atoms with van der Waals surface area (Å²) in [5.74, 6) is 0.436. The molecule has 13 heteroatoms. The summed E-state index contributed by atoms with van der Waals surface area (Å²) >= 11 is 1.56. The SMILES string of the molecule is CCC(/C=C1\Oc2ccc3c(ccc4ccccc43)c2N1CCCS(=O)(=O)O)=C\c1sc2ccc3occc3c2[n+]1CCCS(=O)(=O)O. The van der Waals surface area contributed by atoms with Crippen molar-refractivity contribution in [2.24, 2.45) is 0 Å². The van der Waals surface area contributed by atoms with Crippen LogP contribution in [0.25, 0.3) is 48.8 Å². The zero-order valence-corrected chi connectivity index (χ0v) is 28.4. The number of aromatic nitrogens is 1. The largest absolute Gasteiger partial charge is 0.464 e. The predicted octanol–water partition coefficient (Wildman–Crippen LogP) is 7.33. The van der Waals surface area contributed by atoms with Gasteiger partial charge in [-0.1, -0.05) is 54.7 Å². The van der Waals surface area contributed by atoms with Crippen LogP contribution in [0.4, 0.5) is 5.69 Å². The molecular formula is C35H33N2O8S3+. The molecule has 3 heterocycles. The third-order valence-electron chi connectivity index (χ3n) is 8.53. The summed E-state index contributed by atoms with van der Waals surface area (Å²) in [6, 6.07) is 22.0. The van der Waals surface area contributed by atoms with Crippen LogP contribution < -0.4 is 14.2 Å². The van der Waals surface area contributed by atoms with Gasteiger partial charge in [-0.25, -0.2) is 0 Å². The standard InChI is InChI=1S/C35H32N2O8S3/c1-2-23(22-33-37(17-6-20-48(41,42)43)35-28-15-18-44-29(28)13-14-31(35)46-33)21-32-36(16-5-19-47(38,39)40)34-27-10-9-24-7-3-4-8-25(24)26(27)11-12-30(34)45-32/h3-4,7-15,18,21-22H,2,5-6,16-17,19-20H2,1H3,(H-,38,39,40,41,42,43)/p+1. The first-order valence-corrected chi connectivity index (χ1v) is 19.6. The third kappa shape index (κ3) is 6.43. The van der Waals surface area contributed by atoms with Crippen LogP contribution in [0.3, 0.4) is 0 Å². The van der Waals surface area contributed by atoms with Crippen molar-refractivity contribution in [3.8, 4) is 5.75 Å². The van der Waals surface area contributed by atoms with Gasteiger partial charge in [-0.3, -0.25) is 9.11 Å². The van der Waals surface area contributed by atoms with Gasteiger partial charge in [0.25, 0.3) is 25.2 Å². The Morgan fingerprint density at radius 2 is 1.65 bits per heavy atom. The molecule has 0 unspecified atom stereocenters. The van der Waals surface area contributed by atoms with E-state index in [2.05, 4.69) is 28.8 Å². The van der Waals surface area contributed by atoms with Crippen LogP contribution in [-0.2, 0) is 26.8 Å². The molecule has 248 valence electrons. The van der Waals surface area contributed by atoms with Crippen LogP contribution in [-0.4, -0.2) is 44.0 Å². The topological polar surface area (TPSA) is 138 Å². The highest BCUT2D eigenvalue weighted by Gasteiger charge is 2.30. The number of ether oxygens (including phenoxy) is 1. The van der Waals surface area contributed by atoms with E-state index >= 15 is 0 Å². The normalized spacial score (nSPS) is 14.9. The number of nitrogens with zero attached hydrogens (tertiary/aromatic N) is 2. The molecule has 7 rings (SSSR count). The number of anilines is 1. The van der Waals surface area contributed by atoms with Crippen LogP contribution >= 0.6 is 11.3 Å². The minimum absolute atomic E-state index is 0.179. The average Bonchev–Trinajstić information content (AvgIpc) is 3.75. The molecule has 0 atom stereocenters. The Morgan fingerprint density at radius 3 is 2.44 bits per heavy atom. The molecule has 2 N–H and O–H groups in total. The van der Waals surface area contributed by atoms with Gasteiger partial charge in [0.15, 0.2) is 12.3 Å². The van der Waals surface area contributed by atoms with Gasteiger partial charge < -0.3 is 14.1 Å². The van der Waals surface area contributed by atoms with Crippen molar-refractivity contribution in [2.75, 3.05) is 23.0 Å². The van der Waals surface area contributed by atoms with E-state index in [9.17, 15) is 25.9 Å². The Labute approximate surface area is 281 Å². The van der Waals surface area contributed by atoms with Gasteiger partial charge in [-0.05, 0) is 64.9 Å². The summed E-state index contributed by atoms with van der Waals surface area (Å²) in [6.45, 7) is 2.67. The van der Waals surface area contributed by atoms with Gasteiger partial charge >= 0.3 is 0 Å². The minimum atomic E-state index is -4.16. The highest BCUT2D eigenvalue weighted by molar-refractivity contribution is 7.86. The number of furan rings is 1. The predicted molar refractivity (Wildman–Crippen MR) is 190 cm³/mol. The fraction of sp³-hybridized carbons (Fsp3) is 0.229. The molecule has 4 aromatic carbocycles. The van der Waals surface area contributed by atoms with E-state index < -0.39 is 20.2 Å². The maximum absolute atomic E-state index is 11.6. The zero-order chi connectivity index (χ0) is 33.6. The number of benzene rings is 4. The van der Waals surface area contributed by atoms with Crippen molar-refractivity contribution in [2.45, 2.75) is 32.7 Å². The lowest BCUT2D eigenvalue weighted by molar-refractivity contribution is -0.667. The fourth-order valence-corrected chi connectivity index (χ4v) is 8.54. The maximum Gasteiger partial charge on any atom is 0.265 e. The van der Waals surface area contributed by atoms with Crippen molar-refractivity contribution < 1.29 is 39.7 Å². The van der Waals surface area contributed by atoms with Gasteiger partial charge in [0.05, 0.1) is 28.8 Å². The summed E-state index contributed by atoms with van der Waals surface area (Å²) in [5.41, 5.74) is 3.39. The highest BCUT2D eigenvalue weighted by Crippen LogP contribution is 2.46. The summed E-state index contributed by atoms with van der Waals surface area (Å²) in [4.78, 5) is 1.97. The van der Waals surface area contributed by atoms with Crippen molar-refractivity contribution in [3.63, 3.8) is 0 Å². The van der Waals surface area contributed by atoms with Crippen LogP contribution in [0.2, 0.25) is 0 Å². The molecular weight excluding hydrogens is 673 g/mol. The molecule has 48 heavy (non-hydrogen) atoms. The molecule has 0 amide bonds. The Balaban J connectivity index is 1.33. The molecule has 0 saturated heterocycles. The number of fused-ring (bicyclic) bond motifs is 8. The monoisotopic (exact) mass is 705 g/mol. The van der Waals surface area contributed by atoms with Crippen LogP contribution in [0.15, 0.2) is 94.9 Å². The van der Waals surface area contributed by atoms with Gasteiger partial charge in [0.1, 0.15) is 10.3 Å². The third-order valence-corrected chi connectivity index (χ3v) is 11.2. The molecule has 0 fully saturated rings. The van der Waals surface area contributed by atoms with E-state index in [4.69, 9.17) is 9.15 Å². The first kappa shape index (κ1) is 32.3. The zero-order valence-electron chi connectivity index (χ0n) is 26.0. The molecule has 10 nitrogen and oxygen atoms in total. The van der Waals surface area contributed by atoms with E-state index in [1.807, 2.05) is 66.4 Å². The van der Waals surface area contributed by atoms with Gasteiger partial charge in [-0.15, -0.1) is 0 Å². The van der Waals surface area contributed by atoms with Crippen LogP contribution in [0.5, 0.6) is 5.75 Å². The van der Waals surface area contributed by atoms with Crippen molar-refractivity contribution in [3.05, 3.63) is 95.5 Å². The van der Waals surface area contributed by atoms with Gasteiger partial charge in [-0.2, -0.15) is 21.4 Å². The minimum Gasteiger partial charge on any atom is -0.464 e. The van der Waals surface area contributed by atoms with Crippen LogP contribution in [0.1, 0.15) is 31.2 Å². The molecule has 0 bridgehead atoms. The number of hydrogen-bond acceptors (Lipinski definition) is 8. The number of thiazole rings is 1. The molecule has 1 aliphatic rings. The summed E-state index contributed by atoms with van der Waals surface area (Å²) in [7, 11) is -8.28. The summed E-state index contributed by atoms with van der Waals surface area (Å²) in [5, 5.41) is 6.00.